The lowest BCUT2D eigenvalue weighted by Crippen LogP contribution is -2.10. The van der Waals surface area contributed by atoms with E-state index in [2.05, 4.69) is 157 Å². The molecule has 2 aromatic heterocycles. The summed E-state index contributed by atoms with van der Waals surface area (Å²) in [6, 6.07) is 62.0. The van der Waals surface area contributed by atoms with E-state index in [4.69, 9.17) is 8.83 Å². The Labute approximate surface area is 282 Å². The summed E-state index contributed by atoms with van der Waals surface area (Å²) in [4.78, 5) is 2.34. The number of rotatable bonds is 5. The molecule has 0 aliphatic heterocycles. The van der Waals surface area contributed by atoms with E-state index in [-0.39, 0.29) is 0 Å². The average Bonchev–Trinajstić information content (AvgIpc) is 3.73. The summed E-state index contributed by atoms with van der Waals surface area (Å²) in [5.41, 5.74) is 11.4. The maximum atomic E-state index is 6.39. The van der Waals surface area contributed by atoms with Crippen molar-refractivity contribution in [2.24, 2.45) is 0 Å². The fourth-order valence-corrected chi connectivity index (χ4v) is 7.30. The molecule has 0 amide bonds. The summed E-state index contributed by atoms with van der Waals surface area (Å²) in [6.07, 6.45) is 0. The second-order valence-corrected chi connectivity index (χ2v) is 12.5. The molecule has 8 aromatic carbocycles. The lowest BCUT2D eigenvalue weighted by molar-refractivity contribution is 0.669. The standard InChI is InChI=1S/C46H29NO2/c1-2-10-30(11-3-1)31-20-24-34(25-21-31)47(42-17-8-12-33-28-41-38-14-5-6-18-43(38)48-45(41)29-40(33)42)35-26-22-32(23-27-35)36-15-9-16-39-37-13-4-7-19-44(37)49-46(36)39/h1-29H. The molecule has 0 fully saturated rings. The summed E-state index contributed by atoms with van der Waals surface area (Å²) in [5.74, 6) is 0. The monoisotopic (exact) mass is 627 g/mol. The van der Waals surface area contributed by atoms with Gasteiger partial charge in [-0.1, -0.05) is 121 Å². The maximum Gasteiger partial charge on any atom is 0.143 e. The van der Waals surface area contributed by atoms with Crippen LogP contribution in [0.4, 0.5) is 17.1 Å². The largest absolute Gasteiger partial charge is 0.456 e. The van der Waals surface area contributed by atoms with Gasteiger partial charge in [0.15, 0.2) is 0 Å². The van der Waals surface area contributed by atoms with Gasteiger partial charge in [0, 0.05) is 43.9 Å². The van der Waals surface area contributed by atoms with Gasteiger partial charge in [-0.3, -0.25) is 0 Å². The summed E-state index contributed by atoms with van der Waals surface area (Å²) >= 11 is 0. The molecule has 0 bridgehead atoms. The van der Waals surface area contributed by atoms with Gasteiger partial charge in [0.1, 0.15) is 22.3 Å². The lowest BCUT2D eigenvalue weighted by Gasteiger charge is -2.27. The number of hydrogen-bond donors (Lipinski definition) is 0. The first kappa shape index (κ1) is 27.5. The molecule has 230 valence electrons. The highest BCUT2D eigenvalue weighted by molar-refractivity contribution is 6.13. The zero-order valence-electron chi connectivity index (χ0n) is 26.5. The second kappa shape index (κ2) is 11.0. The molecular formula is C46H29NO2. The molecule has 0 N–H and O–H groups in total. The Hall–Kier alpha value is -6.58. The number of para-hydroxylation sites is 3. The number of nitrogens with zero attached hydrogens (tertiary/aromatic N) is 1. The van der Waals surface area contributed by atoms with Gasteiger partial charge in [0.25, 0.3) is 0 Å². The molecule has 0 saturated carbocycles. The van der Waals surface area contributed by atoms with Crippen LogP contribution in [-0.2, 0) is 0 Å². The van der Waals surface area contributed by atoms with Crippen molar-refractivity contribution in [2.45, 2.75) is 0 Å². The van der Waals surface area contributed by atoms with Crippen molar-refractivity contribution in [1.29, 1.82) is 0 Å². The van der Waals surface area contributed by atoms with Crippen LogP contribution in [0.3, 0.4) is 0 Å². The molecule has 0 aliphatic rings. The number of fused-ring (bicyclic) bond motifs is 7. The Bertz CT molecular complexity index is 2810. The molecule has 0 spiro atoms. The van der Waals surface area contributed by atoms with Crippen molar-refractivity contribution in [3.63, 3.8) is 0 Å². The Morgan fingerprint density at radius 3 is 1.69 bits per heavy atom. The van der Waals surface area contributed by atoms with Crippen LogP contribution in [0.15, 0.2) is 185 Å². The lowest BCUT2D eigenvalue weighted by atomic mass is 10.0. The van der Waals surface area contributed by atoms with Gasteiger partial charge in [-0.2, -0.15) is 0 Å². The maximum absolute atomic E-state index is 6.39. The first-order valence-corrected chi connectivity index (χ1v) is 16.6. The minimum Gasteiger partial charge on any atom is -0.456 e. The minimum absolute atomic E-state index is 0.884. The number of furan rings is 2. The van der Waals surface area contributed by atoms with E-state index in [1.165, 1.54) is 11.1 Å². The molecule has 10 aromatic rings. The normalized spacial score (nSPS) is 11.7. The Morgan fingerprint density at radius 2 is 0.939 bits per heavy atom. The fraction of sp³-hybridized carbons (Fsp3) is 0. The first-order chi connectivity index (χ1) is 24.3. The third-order valence-electron chi connectivity index (χ3n) is 9.67. The van der Waals surface area contributed by atoms with Crippen LogP contribution in [0.2, 0.25) is 0 Å². The second-order valence-electron chi connectivity index (χ2n) is 12.5. The van der Waals surface area contributed by atoms with E-state index in [0.29, 0.717) is 0 Å². The van der Waals surface area contributed by atoms with Crippen molar-refractivity contribution in [1.82, 2.24) is 0 Å². The predicted octanol–water partition coefficient (Wildman–Crippen LogP) is 13.4. The Morgan fingerprint density at radius 1 is 0.347 bits per heavy atom. The molecule has 10 rings (SSSR count). The molecule has 0 unspecified atom stereocenters. The fourth-order valence-electron chi connectivity index (χ4n) is 7.30. The smallest absolute Gasteiger partial charge is 0.143 e. The molecule has 49 heavy (non-hydrogen) atoms. The van der Waals surface area contributed by atoms with Crippen molar-refractivity contribution < 1.29 is 8.83 Å². The average molecular weight is 628 g/mol. The van der Waals surface area contributed by atoms with Gasteiger partial charge in [0.05, 0.1) is 5.69 Å². The SMILES string of the molecule is c1ccc(-c2ccc(N(c3ccc(-c4cccc5c4oc4ccccc45)cc3)c3cccc4cc5c(cc34)oc3ccccc35)cc2)cc1. The van der Waals surface area contributed by atoms with E-state index in [1.807, 2.05) is 24.3 Å². The number of hydrogen-bond acceptors (Lipinski definition) is 3. The van der Waals surface area contributed by atoms with Gasteiger partial charge in [-0.05, 0) is 76.7 Å². The highest BCUT2D eigenvalue weighted by atomic mass is 16.3. The van der Waals surface area contributed by atoms with Gasteiger partial charge in [0.2, 0.25) is 0 Å². The van der Waals surface area contributed by atoms with E-state index in [9.17, 15) is 0 Å². The van der Waals surface area contributed by atoms with Gasteiger partial charge in [-0.25, -0.2) is 0 Å². The van der Waals surface area contributed by atoms with Crippen LogP contribution in [-0.4, -0.2) is 0 Å². The first-order valence-electron chi connectivity index (χ1n) is 16.6. The molecule has 0 radical (unpaired) electrons. The van der Waals surface area contributed by atoms with Crippen molar-refractivity contribution in [3.8, 4) is 22.3 Å². The third kappa shape index (κ3) is 4.51. The summed E-state index contributed by atoms with van der Waals surface area (Å²) in [5, 5.41) is 6.81. The van der Waals surface area contributed by atoms with Crippen molar-refractivity contribution in [3.05, 3.63) is 176 Å². The number of anilines is 3. The zero-order valence-corrected chi connectivity index (χ0v) is 26.5. The predicted molar refractivity (Wildman–Crippen MR) is 204 cm³/mol. The van der Waals surface area contributed by atoms with Crippen molar-refractivity contribution in [2.75, 3.05) is 4.90 Å². The van der Waals surface area contributed by atoms with Gasteiger partial charge < -0.3 is 13.7 Å². The highest BCUT2D eigenvalue weighted by Gasteiger charge is 2.19. The molecule has 0 aliphatic carbocycles. The van der Waals surface area contributed by atoms with E-state index in [1.54, 1.807) is 0 Å². The molecule has 2 heterocycles. The summed E-state index contributed by atoms with van der Waals surface area (Å²) in [7, 11) is 0. The quantitative estimate of drug-likeness (QED) is 0.190. The van der Waals surface area contributed by atoms with E-state index < -0.39 is 0 Å². The third-order valence-corrected chi connectivity index (χ3v) is 9.67. The van der Waals surface area contributed by atoms with Gasteiger partial charge in [-0.15, -0.1) is 0 Å². The molecular weight excluding hydrogens is 599 g/mol. The molecule has 0 saturated heterocycles. The van der Waals surface area contributed by atoms with Crippen LogP contribution >= 0.6 is 0 Å². The van der Waals surface area contributed by atoms with Crippen molar-refractivity contribution >= 4 is 71.7 Å². The van der Waals surface area contributed by atoms with Crippen LogP contribution < -0.4 is 4.90 Å². The zero-order chi connectivity index (χ0) is 32.3. The topological polar surface area (TPSA) is 29.5 Å². The van der Waals surface area contributed by atoms with Gasteiger partial charge >= 0.3 is 0 Å². The summed E-state index contributed by atoms with van der Waals surface area (Å²) in [6.45, 7) is 0. The van der Waals surface area contributed by atoms with Crippen LogP contribution in [0.1, 0.15) is 0 Å². The van der Waals surface area contributed by atoms with E-state index in [0.717, 1.165) is 82.8 Å². The Kier molecular flexibility index (Phi) is 6.18. The van der Waals surface area contributed by atoms with Crippen LogP contribution in [0.5, 0.6) is 0 Å². The van der Waals surface area contributed by atoms with Crippen LogP contribution in [0.25, 0.3) is 76.9 Å². The number of benzene rings is 8. The Balaban J connectivity index is 1.14. The molecule has 0 atom stereocenters. The highest BCUT2D eigenvalue weighted by Crippen LogP contribution is 2.43. The molecule has 3 heteroatoms. The van der Waals surface area contributed by atoms with Crippen LogP contribution in [0, 0.1) is 0 Å². The minimum atomic E-state index is 0.884. The molecule has 3 nitrogen and oxygen atoms in total. The summed E-state index contributed by atoms with van der Waals surface area (Å²) < 4.78 is 12.8. The van der Waals surface area contributed by atoms with E-state index >= 15 is 0 Å².